The van der Waals surface area contributed by atoms with Crippen LogP contribution in [-0.2, 0) is 14.3 Å². The number of carbonyl (C=O) groups is 2. The lowest BCUT2D eigenvalue weighted by atomic mass is 10.2. The third-order valence-electron chi connectivity index (χ3n) is 3.25. The van der Waals surface area contributed by atoms with Crippen LogP contribution >= 0.6 is 11.8 Å². The number of hydrogen-bond acceptors (Lipinski definition) is 4. The van der Waals surface area contributed by atoms with Crippen LogP contribution in [0.15, 0.2) is 59.5 Å². The Labute approximate surface area is 152 Å². The molecule has 0 fully saturated rings. The largest absolute Gasteiger partial charge is 0.463 e. The number of thioether (sulfide) groups is 1. The lowest BCUT2D eigenvalue weighted by Crippen LogP contribution is -2.13. The predicted octanol–water partition coefficient (Wildman–Crippen LogP) is 4.30. The van der Waals surface area contributed by atoms with E-state index in [1.165, 1.54) is 23.4 Å². The molecule has 5 heteroatoms. The van der Waals surface area contributed by atoms with Gasteiger partial charge in [0.25, 0.3) is 0 Å². The molecule has 2 aromatic carbocycles. The first-order valence-corrected chi connectivity index (χ1v) is 8.99. The van der Waals surface area contributed by atoms with Crippen LogP contribution in [0.4, 0.5) is 5.69 Å². The second-order valence-electron chi connectivity index (χ2n) is 5.36. The first-order chi connectivity index (χ1) is 12.1. The molecule has 0 saturated heterocycles. The standard InChI is InChI=1S/C20H21NO3S/c1-3-24-20(23)12-9-16-7-10-17(11-8-16)21-19(22)14-25-18-6-4-5-15(2)13-18/h4-13H,3,14H2,1-2H3,(H,21,22)/b12-9+. The minimum atomic E-state index is -0.368. The Hall–Kier alpha value is -2.53. The van der Waals surface area contributed by atoms with E-state index >= 15 is 0 Å². The highest BCUT2D eigenvalue weighted by Crippen LogP contribution is 2.19. The smallest absolute Gasteiger partial charge is 0.330 e. The van der Waals surface area contributed by atoms with Crippen LogP contribution in [0, 0.1) is 6.92 Å². The molecule has 0 aliphatic carbocycles. The van der Waals surface area contributed by atoms with Crippen molar-refractivity contribution in [3.05, 3.63) is 65.7 Å². The third kappa shape index (κ3) is 6.85. The van der Waals surface area contributed by atoms with Gasteiger partial charge in [0.05, 0.1) is 12.4 Å². The zero-order valence-electron chi connectivity index (χ0n) is 14.3. The molecule has 130 valence electrons. The van der Waals surface area contributed by atoms with E-state index < -0.39 is 0 Å². The fourth-order valence-electron chi connectivity index (χ4n) is 2.08. The number of esters is 1. The van der Waals surface area contributed by atoms with Crippen LogP contribution in [0.25, 0.3) is 6.08 Å². The van der Waals surface area contributed by atoms with Crippen molar-refractivity contribution >= 4 is 35.4 Å². The molecule has 2 aromatic rings. The maximum absolute atomic E-state index is 12.0. The first kappa shape index (κ1) is 18.8. The van der Waals surface area contributed by atoms with Crippen LogP contribution in [0.2, 0.25) is 0 Å². The number of rotatable bonds is 7. The molecule has 0 saturated carbocycles. The summed E-state index contributed by atoms with van der Waals surface area (Å²) in [6, 6.07) is 15.3. The van der Waals surface area contributed by atoms with Crippen LogP contribution in [0.1, 0.15) is 18.1 Å². The van der Waals surface area contributed by atoms with Gasteiger partial charge in [-0.3, -0.25) is 4.79 Å². The number of aryl methyl sites for hydroxylation is 1. The highest BCUT2D eigenvalue weighted by molar-refractivity contribution is 8.00. The summed E-state index contributed by atoms with van der Waals surface area (Å²) in [5.41, 5.74) is 2.76. The number of benzene rings is 2. The average Bonchev–Trinajstić information content (AvgIpc) is 2.60. The quantitative estimate of drug-likeness (QED) is 0.457. The number of anilines is 1. The number of carbonyl (C=O) groups excluding carboxylic acids is 2. The molecule has 0 bridgehead atoms. The summed E-state index contributed by atoms with van der Waals surface area (Å²) in [5, 5.41) is 2.86. The lowest BCUT2D eigenvalue weighted by molar-refractivity contribution is -0.137. The van der Waals surface area contributed by atoms with Gasteiger partial charge in [0.1, 0.15) is 0 Å². The normalized spacial score (nSPS) is 10.6. The van der Waals surface area contributed by atoms with Gasteiger partial charge >= 0.3 is 5.97 Å². The van der Waals surface area contributed by atoms with Crippen molar-refractivity contribution in [3.8, 4) is 0 Å². The third-order valence-corrected chi connectivity index (χ3v) is 4.25. The first-order valence-electron chi connectivity index (χ1n) is 8.01. The molecular formula is C20H21NO3S. The summed E-state index contributed by atoms with van der Waals surface area (Å²) in [6.07, 6.45) is 3.06. The average molecular weight is 355 g/mol. The van der Waals surface area contributed by atoms with E-state index in [0.29, 0.717) is 12.4 Å². The van der Waals surface area contributed by atoms with Gasteiger partial charge in [-0.2, -0.15) is 0 Å². The van der Waals surface area contributed by atoms with Crippen molar-refractivity contribution in [2.45, 2.75) is 18.7 Å². The van der Waals surface area contributed by atoms with Gasteiger partial charge in [0.15, 0.2) is 0 Å². The molecular weight excluding hydrogens is 334 g/mol. The van der Waals surface area contributed by atoms with Gasteiger partial charge in [0.2, 0.25) is 5.91 Å². The lowest BCUT2D eigenvalue weighted by Gasteiger charge is -2.06. The van der Waals surface area contributed by atoms with Gasteiger partial charge < -0.3 is 10.1 Å². The Morgan fingerprint density at radius 3 is 2.60 bits per heavy atom. The Morgan fingerprint density at radius 2 is 1.92 bits per heavy atom. The fourth-order valence-corrected chi connectivity index (χ4v) is 2.90. The van der Waals surface area contributed by atoms with Gasteiger partial charge in [-0.15, -0.1) is 11.8 Å². The van der Waals surface area contributed by atoms with E-state index in [2.05, 4.69) is 11.4 Å². The van der Waals surface area contributed by atoms with Crippen molar-refractivity contribution in [2.75, 3.05) is 17.7 Å². The van der Waals surface area contributed by atoms with Crippen LogP contribution in [0.3, 0.4) is 0 Å². The van der Waals surface area contributed by atoms with E-state index in [0.717, 1.165) is 16.1 Å². The number of hydrogen-bond donors (Lipinski definition) is 1. The summed E-state index contributed by atoms with van der Waals surface area (Å²) >= 11 is 1.51. The van der Waals surface area contributed by atoms with Crippen molar-refractivity contribution in [1.82, 2.24) is 0 Å². The molecule has 0 unspecified atom stereocenters. The van der Waals surface area contributed by atoms with Gasteiger partial charge in [-0.1, -0.05) is 29.8 Å². The van der Waals surface area contributed by atoms with E-state index in [9.17, 15) is 9.59 Å². The zero-order valence-corrected chi connectivity index (χ0v) is 15.1. The predicted molar refractivity (Wildman–Crippen MR) is 103 cm³/mol. The topological polar surface area (TPSA) is 55.4 Å². The molecule has 0 spiro atoms. The maximum atomic E-state index is 12.0. The zero-order chi connectivity index (χ0) is 18.1. The molecule has 0 atom stereocenters. The van der Waals surface area contributed by atoms with Crippen molar-refractivity contribution in [1.29, 1.82) is 0 Å². The van der Waals surface area contributed by atoms with Crippen molar-refractivity contribution in [2.24, 2.45) is 0 Å². The van der Waals surface area contributed by atoms with Crippen LogP contribution in [0.5, 0.6) is 0 Å². The van der Waals surface area contributed by atoms with Gasteiger partial charge in [0, 0.05) is 16.7 Å². The monoisotopic (exact) mass is 355 g/mol. The van der Waals surface area contributed by atoms with E-state index in [1.54, 1.807) is 25.1 Å². The molecule has 0 heterocycles. The minimum absolute atomic E-state index is 0.0543. The maximum Gasteiger partial charge on any atom is 0.330 e. The Morgan fingerprint density at radius 1 is 1.16 bits per heavy atom. The molecule has 0 aromatic heterocycles. The second-order valence-corrected chi connectivity index (χ2v) is 6.41. The molecule has 4 nitrogen and oxygen atoms in total. The Kier molecular flexibility index (Phi) is 7.29. The highest BCUT2D eigenvalue weighted by atomic mass is 32.2. The Balaban J connectivity index is 1.83. The Bertz CT molecular complexity index is 754. The molecule has 0 aliphatic rings. The molecule has 1 N–H and O–H groups in total. The highest BCUT2D eigenvalue weighted by Gasteiger charge is 2.04. The van der Waals surface area contributed by atoms with Crippen molar-refractivity contribution < 1.29 is 14.3 Å². The molecule has 0 aliphatic heterocycles. The number of nitrogens with one attached hydrogen (secondary N) is 1. The van der Waals surface area contributed by atoms with E-state index in [1.807, 2.05) is 37.3 Å². The van der Waals surface area contributed by atoms with Crippen LogP contribution in [-0.4, -0.2) is 24.2 Å². The van der Waals surface area contributed by atoms with Crippen LogP contribution < -0.4 is 5.32 Å². The number of amides is 1. The van der Waals surface area contributed by atoms with E-state index in [4.69, 9.17) is 4.74 Å². The molecule has 0 radical (unpaired) electrons. The fraction of sp³-hybridized carbons (Fsp3) is 0.200. The number of ether oxygens (including phenoxy) is 1. The SMILES string of the molecule is CCOC(=O)/C=C/c1ccc(NC(=O)CSc2cccc(C)c2)cc1. The molecule has 2 rings (SSSR count). The summed E-state index contributed by atoms with van der Waals surface area (Å²) in [5.74, 6) is -0.0668. The second kappa shape index (κ2) is 9.69. The summed E-state index contributed by atoms with van der Waals surface area (Å²) in [6.45, 7) is 4.15. The minimum Gasteiger partial charge on any atom is -0.463 e. The summed E-state index contributed by atoms with van der Waals surface area (Å²) in [4.78, 5) is 24.4. The summed E-state index contributed by atoms with van der Waals surface area (Å²) in [7, 11) is 0. The summed E-state index contributed by atoms with van der Waals surface area (Å²) < 4.78 is 4.83. The van der Waals surface area contributed by atoms with Gasteiger partial charge in [-0.05, 0) is 49.8 Å². The molecule has 1 amide bonds. The van der Waals surface area contributed by atoms with E-state index in [-0.39, 0.29) is 11.9 Å². The van der Waals surface area contributed by atoms with Crippen molar-refractivity contribution in [3.63, 3.8) is 0 Å². The van der Waals surface area contributed by atoms with Gasteiger partial charge in [-0.25, -0.2) is 4.79 Å². The molecule has 25 heavy (non-hydrogen) atoms.